The first-order valence-electron chi connectivity index (χ1n) is 7.60. The van der Waals surface area contributed by atoms with E-state index in [0.29, 0.717) is 6.61 Å². The first-order chi connectivity index (χ1) is 11.1. The highest BCUT2D eigenvalue weighted by Gasteiger charge is 2.21. The molecule has 0 spiro atoms. The molecule has 1 aromatic carbocycles. The van der Waals surface area contributed by atoms with Gasteiger partial charge in [0.15, 0.2) is 5.17 Å². The van der Waals surface area contributed by atoms with Crippen molar-refractivity contribution in [2.45, 2.75) is 31.9 Å². The van der Waals surface area contributed by atoms with E-state index in [1.807, 2.05) is 0 Å². The number of nitrogens with one attached hydrogen (secondary N) is 1. The lowest BCUT2D eigenvalue weighted by molar-refractivity contribution is -0.385. The molecule has 2 rings (SSSR count). The van der Waals surface area contributed by atoms with Crippen molar-refractivity contribution >= 4 is 22.5 Å². The predicted octanol–water partition coefficient (Wildman–Crippen LogP) is 2.61. The highest BCUT2D eigenvalue weighted by Crippen LogP contribution is 2.21. The number of oxime groups is 1. The number of halogens is 1. The lowest BCUT2D eigenvalue weighted by atomic mass is 9.93. The van der Waals surface area contributed by atoms with Crippen molar-refractivity contribution in [3.8, 4) is 0 Å². The Balaban J connectivity index is 1.80. The lowest BCUT2D eigenvalue weighted by Gasteiger charge is -2.28. The van der Waals surface area contributed by atoms with E-state index in [9.17, 15) is 15.2 Å². The summed E-state index contributed by atoms with van der Waals surface area (Å²) in [5, 5.41) is 27.4. The monoisotopic (exact) mass is 341 g/mol. The van der Waals surface area contributed by atoms with Crippen molar-refractivity contribution in [2.75, 3.05) is 13.2 Å². The molecule has 1 fully saturated rings. The largest absolute Gasteiger partial charge is 0.395 e. The van der Waals surface area contributed by atoms with Crippen molar-refractivity contribution < 1.29 is 14.9 Å². The van der Waals surface area contributed by atoms with Gasteiger partial charge in [-0.15, -0.1) is 0 Å². The predicted molar refractivity (Wildman–Crippen MR) is 87.4 cm³/mol. The van der Waals surface area contributed by atoms with Crippen LogP contribution in [0.5, 0.6) is 0 Å². The molecular weight excluding hydrogens is 322 g/mol. The summed E-state index contributed by atoms with van der Waals surface area (Å²) in [5.74, 6) is 0.224. The Kier molecular flexibility index (Phi) is 6.76. The van der Waals surface area contributed by atoms with E-state index in [-0.39, 0.29) is 22.3 Å². The van der Waals surface area contributed by atoms with Crippen molar-refractivity contribution in [2.24, 2.45) is 11.1 Å². The summed E-state index contributed by atoms with van der Waals surface area (Å²) in [5.41, 5.74) is 0.118. The zero-order chi connectivity index (χ0) is 16.7. The van der Waals surface area contributed by atoms with Gasteiger partial charge in [-0.1, -0.05) is 28.9 Å². The first-order valence-corrected chi connectivity index (χ1v) is 7.98. The van der Waals surface area contributed by atoms with Gasteiger partial charge in [-0.05, 0) is 44.2 Å². The topological polar surface area (TPSA) is 97.0 Å². The van der Waals surface area contributed by atoms with Crippen LogP contribution in [0.2, 0.25) is 0 Å². The van der Waals surface area contributed by atoms with E-state index in [1.165, 1.54) is 12.1 Å². The minimum absolute atomic E-state index is 0.0448. The quantitative estimate of drug-likeness (QED) is 0.344. The summed E-state index contributed by atoms with van der Waals surface area (Å²) in [7, 11) is 0. The smallest absolute Gasteiger partial charge is 0.279 e. The molecule has 0 bridgehead atoms. The minimum atomic E-state index is -0.509. The van der Waals surface area contributed by atoms with Crippen molar-refractivity contribution in [3.05, 3.63) is 39.9 Å². The number of nitro groups is 1. The Labute approximate surface area is 139 Å². The van der Waals surface area contributed by atoms with E-state index in [0.717, 1.165) is 32.2 Å². The standard InChI is InChI=1S/C15H20ClN3O4/c16-14(12-7-1-2-8-13(12)19(21)22)18-23-10-4-6-11-5-3-9-17-15(11)20/h1-2,7-8,11,15,17,20H,3-6,9-10H2. The summed E-state index contributed by atoms with van der Waals surface area (Å²) in [6.45, 7) is 1.20. The molecule has 0 aliphatic carbocycles. The lowest BCUT2D eigenvalue weighted by Crippen LogP contribution is -2.41. The zero-order valence-electron chi connectivity index (χ0n) is 12.7. The average molecular weight is 342 g/mol. The van der Waals surface area contributed by atoms with Crippen LogP contribution in [-0.2, 0) is 4.84 Å². The van der Waals surface area contributed by atoms with Crippen LogP contribution in [0.25, 0.3) is 0 Å². The molecular formula is C15H20ClN3O4. The van der Waals surface area contributed by atoms with Gasteiger partial charge >= 0.3 is 0 Å². The van der Waals surface area contributed by atoms with E-state index in [1.54, 1.807) is 12.1 Å². The summed E-state index contributed by atoms with van der Waals surface area (Å²) in [4.78, 5) is 15.6. The van der Waals surface area contributed by atoms with Gasteiger partial charge in [-0.3, -0.25) is 15.4 Å². The van der Waals surface area contributed by atoms with Gasteiger partial charge in [-0.2, -0.15) is 0 Å². The third-order valence-corrected chi connectivity index (χ3v) is 4.10. The maximum Gasteiger partial charge on any atom is 0.279 e. The van der Waals surface area contributed by atoms with Crippen molar-refractivity contribution in [1.29, 1.82) is 0 Å². The molecule has 1 aromatic rings. The Hall–Kier alpha value is -1.70. The maximum atomic E-state index is 10.9. The second-order valence-electron chi connectivity index (χ2n) is 5.43. The molecule has 7 nitrogen and oxygen atoms in total. The molecule has 0 amide bonds. The number of hydrogen-bond acceptors (Lipinski definition) is 6. The highest BCUT2D eigenvalue weighted by molar-refractivity contribution is 6.69. The highest BCUT2D eigenvalue weighted by atomic mass is 35.5. The second kappa shape index (κ2) is 8.81. The number of para-hydroxylation sites is 1. The molecule has 126 valence electrons. The third kappa shape index (κ3) is 5.16. The van der Waals surface area contributed by atoms with Crippen molar-refractivity contribution in [3.63, 3.8) is 0 Å². The molecule has 1 heterocycles. The molecule has 1 aliphatic heterocycles. The second-order valence-corrected chi connectivity index (χ2v) is 5.79. The minimum Gasteiger partial charge on any atom is -0.395 e. The number of benzene rings is 1. The Morgan fingerprint density at radius 2 is 2.30 bits per heavy atom. The van der Waals surface area contributed by atoms with Gasteiger partial charge in [0.05, 0.1) is 10.5 Å². The number of piperidine rings is 1. The van der Waals surface area contributed by atoms with Gasteiger partial charge in [0, 0.05) is 6.07 Å². The van der Waals surface area contributed by atoms with Gasteiger partial charge in [0.25, 0.3) is 5.69 Å². The first kappa shape index (κ1) is 17.7. The van der Waals surface area contributed by atoms with Crippen LogP contribution < -0.4 is 5.32 Å². The molecule has 2 atom stereocenters. The van der Waals surface area contributed by atoms with Crippen LogP contribution in [0.3, 0.4) is 0 Å². The fourth-order valence-corrected chi connectivity index (χ4v) is 2.82. The molecule has 2 unspecified atom stereocenters. The SMILES string of the molecule is O=[N+]([O-])c1ccccc1C(Cl)=NOCCCC1CCCNC1O. The summed E-state index contributed by atoms with van der Waals surface area (Å²) in [6, 6.07) is 6.11. The van der Waals surface area contributed by atoms with Gasteiger partial charge < -0.3 is 9.94 Å². The maximum absolute atomic E-state index is 10.9. The summed E-state index contributed by atoms with van der Waals surface area (Å²) >= 11 is 5.98. The summed E-state index contributed by atoms with van der Waals surface area (Å²) in [6.07, 6.45) is 3.15. The normalized spacial score (nSPS) is 21.9. The van der Waals surface area contributed by atoms with Crippen LogP contribution >= 0.6 is 11.6 Å². The Morgan fingerprint density at radius 3 is 3.04 bits per heavy atom. The molecule has 1 aliphatic rings. The van der Waals surface area contributed by atoms with Crippen LogP contribution in [0.1, 0.15) is 31.2 Å². The number of nitro benzene ring substituents is 1. The number of aliphatic hydroxyl groups is 1. The molecule has 0 radical (unpaired) electrons. The van der Waals surface area contributed by atoms with Gasteiger partial charge in [-0.25, -0.2) is 0 Å². The van der Waals surface area contributed by atoms with Crippen molar-refractivity contribution in [1.82, 2.24) is 5.32 Å². The van der Waals surface area contributed by atoms with Crippen LogP contribution in [0, 0.1) is 16.0 Å². The number of nitrogens with zero attached hydrogens (tertiary/aromatic N) is 2. The third-order valence-electron chi connectivity index (χ3n) is 3.83. The van der Waals surface area contributed by atoms with Crippen LogP contribution in [-0.4, -0.2) is 34.6 Å². The van der Waals surface area contributed by atoms with E-state index in [4.69, 9.17) is 16.4 Å². The fraction of sp³-hybridized carbons (Fsp3) is 0.533. The van der Waals surface area contributed by atoms with Gasteiger partial charge in [0.2, 0.25) is 0 Å². The fourth-order valence-electron chi connectivity index (χ4n) is 2.61. The molecule has 0 saturated carbocycles. The zero-order valence-corrected chi connectivity index (χ0v) is 13.4. The van der Waals surface area contributed by atoms with Crippen LogP contribution in [0.15, 0.2) is 29.4 Å². The molecule has 1 saturated heterocycles. The van der Waals surface area contributed by atoms with Crippen LogP contribution in [0.4, 0.5) is 5.69 Å². The number of rotatable bonds is 7. The molecule has 2 N–H and O–H groups in total. The number of hydrogen-bond donors (Lipinski definition) is 2. The average Bonchev–Trinajstić information content (AvgIpc) is 2.56. The Morgan fingerprint density at radius 1 is 1.52 bits per heavy atom. The van der Waals surface area contributed by atoms with E-state index in [2.05, 4.69) is 10.5 Å². The van der Waals surface area contributed by atoms with Gasteiger partial charge in [0.1, 0.15) is 12.8 Å². The summed E-state index contributed by atoms with van der Waals surface area (Å²) < 4.78 is 0. The Bertz CT molecular complexity index is 567. The van der Waals surface area contributed by atoms with E-state index < -0.39 is 11.2 Å². The molecule has 0 aromatic heterocycles. The molecule has 8 heteroatoms. The molecule has 23 heavy (non-hydrogen) atoms. The van der Waals surface area contributed by atoms with E-state index >= 15 is 0 Å². The number of aliphatic hydroxyl groups excluding tert-OH is 1.